The van der Waals surface area contributed by atoms with E-state index in [9.17, 15) is 13.2 Å². The van der Waals surface area contributed by atoms with Crippen LogP contribution in [0.25, 0.3) is 0 Å². The first kappa shape index (κ1) is 20.4. The molecule has 0 atom stereocenters. The van der Waals surface area contributed by atoms with Crippen LogP contribution in [0.1, 0.15) is 27.2 Å². The lowest BCUT2D eigenvalue weighted by Gasteiger charge is -2.20. The summed E-state index contributed by atoms with van der Waals surface area (Å²) in [7, 11) is -1.98. The van der Waals surface area contributed by atoms with E-state index in [1.54, 1.807) is 27.9 Å². The van der Waals surface area contributed by atoms with Crippen LogP contribution >= 0.6 is 0 Å². The zero-order chi connectivity index (χ0) is 18.2. The van der Waals surface area contributed by atoms with Crippen LogP contribution < -0.4 is 14.8 Å². The Morgan fingerprint density at radius 1 is 1.17 bits per heavy atom. The first-order chi connectivity index (χ1) is 11.1. The largest absolute Gasteiger partial charge is 0.484 e. The lowest BCUT2D eigenvalue weighted by Crippen LogP contribution is -2.40. The van der Waals surface area contributed by atoms with Crippen LogP contribution in [0.4, 0.5) is 0 Å². The van der Waals surface area contributed by atoms with E-state index in [0.717, 1.165) is 6.42 Å². The van der Waals surface area contributed by atoms with Crippen LogP contribution in [0.15, 0.2) is 29.2 Å². The summed E-state index contributed by atoms with van der Waals surface area (Å²) in [6.45, 7) is 6.29. The van der Waals surface area contributed by atoms with Gasteiger partial charge in [-0.25, -0.2) is 13.1 Å². The first-order valence-electron chi connectivity index (χ1n) is 7.66. The summed E-state index contributed by atoms with van der Waals surface area (Å²) in [6.07, 6.45) is 0.732. The summed E-state index contributed by atoms with van der Waals surface area (Å²) >= 11 is 0. The molecule has 1 aromatic carbocycles. The van der Waals surface area contributed by atoms with Gasteiger partial charge in [0.25, 0.3) is 5.91 Å². The SMILES string of the molecule is COCCCNC(=O)COc1ccc(S(=O)(=O)NC(C)(C)C)cc1. The van der Waals surface area contributed by atoms with Crippen LogP contribution in [-0.4, -0.2) is 46.7 Å². The second-order valence-electron chi connectivity index (χ2n) is 6.31. The Labute approximate surface area is 143 Å². The van der Waals surface area contributed by atoms with Crippen molar-refractivity contribution in [1.29, 1.82) is 0 Å². The topological polar surface area (TPSA) is 93.7 Å². The third kappa shape index (κ3) is 7.76. The highest BCUT2D eigenvalue weighted by Crippen LogP contribution is 2.17. The molecule has 1 rings (SSSR count). The molecule has 0 aliphatic heterocycles. The Balaban J connectivity index is 2.52. The van der Waals surface area contributed by atoms with E-state index >= 15 is 0 Å². The predicted octanol–water partition coefficient (Wildman–Crippen LogP) is 1.29. The number of hydrogen-bond acceptors (Lipinski definition) is 5. The minimum atomic E-state index is -3.58. The smallest absolute Gasteiger partial charge is 0.257 e. The molecule has 1 aromatic rings. The molecule has 2 N–H and O–H groups in total. The number of rotatable bonds is 9. The minimum absolute atomic E-state index is 0.126. The molecule has 0 aliphatic rings. The second-order valence-corrected chi connectivity index (χ2v) is 7.99. The standard InChI is InChI=1S/C16H26N2O5S/c1-16(2,3)18-24(20,21)14-8-6-13(7-9-14)23-12-15(19)17-10-5-11-22-4/h6-9,18H,5,10-12H2,1-4H3,(H,17,19). The molecular formula is C16H26N2O5S. The number of nitrogens with one attached hydrogen (secondary N) is 2. The molecule has 8 heteroatoms. The van der Waals surface area contributed by atoms with Crippen molar-refractivity contribution in [2.45, 2.75) is 37.6 Å². The molecule has 0 heterocycles. The van der Waals surface area contributed by atoms with E-state index < -0.39 is 15.6 Å². The normalized spacial score (nSPS) is 12.0. The van der Waals surface area contributed by atoms with Gasteiger partial charge in [-0.1, -0.05) is 0 Å². The van der Waals surface area contributed by atoms with Crippen molar-refractivity contribution < 1.29 is 22.7 Å². The molecule has 0 aliphatic carbocycles. The number of ether oxygens (including phenoxy) is 2. The monoisotopic (exact) mass is 358 g/mol. The highest BCUT2D eigenvalue weighted by atomic mass is 32.2. The van der Waals surface area contributed by atoms with Crippen molar-refractivity contribution in [2.24, 2.45) is 0 Å². The van der Waals surface area contributed by atoms with Gasteiger partial charge in [-0.05, 0) is 51.5 Å². The summed E-state index contributed by atoms with van der Waals surface area (Å²) in [5.41, 5.74) is -0.561. The van der Waals surface area contributed by atoms with Crippen molar-refractivity contribution in [3.63, 3.8) is 0 Å². The van der Waals surface area contributed by atoms with E-state index in [2.05, 4.69) is 10.0 Å². The molecule has 0 unspecified atom stereocenters. The van der Waals surface area contributed by atoms with Gasteiger partial charge in [-0.3, -0.25) is 4.79 Å². The summed E-state index contributed by atoms with van der Waals surface area (Å²) in [5.74, 6) is 0.189. The average molecular weight is 358 g/mol. The fourth-order valence-corrected chi connectivity index (χ4v) is 3.24. The van der Waals surface area contributed by atoms with Gasteiger partial charge in [0, 0.05) is 25.8 Å². The van der Waals surface area contributed by atoms with Crippen LogP contribution in [0.3, 0.4) is 0 Å². The Bertz CT molecular complexity index is 621. The van der Waals surface area contributed by atoms with Crippen LogP contribution in [0.2, 0.25) is 0 Å². The number of methoxy groups -OCH3 is 1. The lowest BCUT2D eigenvalue weighted by molar-refractivity contribution is -0.123. The summed E-state index contributed by atoms with van der Waals surface area (Å²) < 4.78 is 37.1. The summed E-state index contributed by atoms with van der Waals surface area (Å²) in [6, 6.07) is 5.94. The Morgan fingerprint density at radius 2 is 1.79 bits per heavy atom. The predicted molar refractivity (Wildman–Crippen MR) is 91.5 cm³/mol. The van der Waals surface area contributed by atoms with Crippen molar-refractivity contribution in [1.82, 2.24) is 10.0 Å². The first-order valence-corrected chi connectivity index (χ1v) is 9.15. The number of sulfonamides is 1. The van der Waals surface area contributed by atoms with Gasteiger partial charge < -0.3 is 14.8 Å². The van der Waals surface area contributed by atoms with Gasteiger partial charge >= 0.3 is 0 Å². The zero-order valence-corrected chi connectivity index (χ0v) is 15.4. The second kappa shape index (κ2) is 9.00. The fourth-order valence-electron chi connectivity index (χ4n) is 1.82. The van der Waals surface area contributed by atoms with E-state index in [0.29, 0.717) is 18.9 Å². The number of hydrogen-bond donors (Lipinski definition) is 2. The van der Waals surface area contributed by atoms with Gasteiger partial charge in [0.05, 0.1) is 4.90 Å². The van der Waals surface area contributed by atoms with Crippen molar-refractivity contribution in [3.05, 3.63) is 24.3 Å². The third-order valence-corrected chi connectivity index (χ3v) is 4.57. The zero-order valence-electron chi connectivity index (χ0n) is 14.6. The molecular weight excluding hydrogens is 332 g/mol. The van der Waals surface area contributed by atoms with Gasteiger partial charge in [0.15, 0.2) is 6.61 Å². The Hall–Kier alpha value is -1.64. The number of amides is 1. The third-order valence-electron chi connectivity index (χ3n) is 2.79. The molecule has 0 aromatic heterocycles. The maximum absolute atomic E-state index is 12.2. The molecule has 7 nitrogen and oxygen atoms in total. The lowest BCUT2D eigenvalue weighted by atomic mass is 10.1. The van der Waals surface area contributed by atoms with E-state index in [4.69, 9.17) is 9.47 Å². The molecule has 0 bridgehead atoms. The minimum Gasteiger partial charge on any atom is -0.484 e. The molecule has 0 radical (unpaired) electrons. The van der Waals surface area contributed by atoms with Crippen LogP contribution in [0, 0.1) is 0 Å². The van der Waals surface area contributed by atoms with Crippen LogP contribution in [-0.2, 0) is 19.6 Å². The average Bonchev–Trinajstić information content (AvgIpc) is 2.47. The maximum Gasteiger partial charge on any atom is 0.257 e. The number of carbonyl (C=O) groups excluding carboxylic acids is 1. The van der Waals surface area contributed by atoms with Crippen molar-refractivity contribution >= 4 is 15.9 Å². The van der Waals surface area contributed by atoms with Crippen molar-refractivity contribution in [3.8, 4) is 5.75 Å². The van der Waals surface area contributed by atoms with Crippen molar-refractivity contribution in [2.75, 3.05) is 26.9 Å². The molecule has 1 amide bonds. The molecule has 0 spiro atoms. The van der Waals surface area contributed by atoms with E-state index in [-0.39, 0.29) is 17.4 Å². The fraction of sp³-hybridized carbons (Fsp3) is 0.562. The van der Waals surface area contributed by atoms with E-state index in [1.807, 2.05) is 0 Å². The molecule has 136 valence electrons. The van der Waals surface area contributed by atoms with E-state index in [1.165, 1.54) is 24.3 Å². The molecule has 0 saturated carbocycles. The highest BCUT2D eigenvalue weighted by molar-refractivity contribution is 7.89. The maximum atomic E-state index is 12.2. The summed E-state index contributed by atoms with van der Waals surface area (Å²) in [4.78, 5) is 11.7. The summed E-state index contributed by atoms with van der Waals surface area (Å²) in [5, 5.41) is 2.70. The van der Waals surface area contributed by atoms with Gasteiger partial charge in [0.2, 0.25) is 10.0 Å². The van der Waals surface area contributed by atoms with Gasteiger partial charge in [-0.15, -0.1) is 0 Å². The van der Waals surface area contributed by atoms with Gasteiger partial charge in [-0.2, -0.15) is 0 Å². The molecule has 0 saturated heterocycles. The van der Waals surface area contributed by atoms with Gasteiger partial charge in [0.1, 0.15) is 5.75 Å². The van der Waals surface area contributed by atoms with Crippen LogP contribution in [0.5, 0.6) is 5.75 Å². The Morgan fingerprint density at radius 3 is 2.33 bits per heavy atom. The molecule has 0 fully saturated rings. The highest BCUT2D eigenvalue weighted by Gasteiger charge is 2.21. The quantitative estimate of drug-likeness (QED) is 0.649. The Kier molecular flexibility index (Phi) is 7.65. The number of benzene rings is 1. The number of carbonyl (C=O) groups is 1. The molecule has 24 heavy (non-hydrogen) atoms.